The van der Waals surface area contributed by atoms with Crippen molar-refractivity contribution in [3.8, 4) is 0 Å². The van der Waals surface area contributed by atoms with Gasteiger partial charge in [0.2, 0.25) is 5.91 Å². The van der Waals surface area contributed by atoms with Gasteiger partial charge in [0, 0.05) is 6.54 Å². The van der Waals surface area contributed by atoms with Crippen molar-refractivity contribution < 1.29 is 4.79 Å². The summed E-state index contributed by atoms with van der Waals surface area (Å²) in [5.41, 5.74) is 10.8. The first-order chi connectivity index (χ1) is 8.35. The van der Waals surface area contributed by atoms with Crippen LogP contribution < -0.4 is 11.5 Å². The SMILES string of the molecule is CCC1(CC)CCN(CCCC(C)(N)C(N)=O)C1. The molecule has 106 valence electrons. The molecule has 4 nitrogen and oxygen atoms in total. The zero-order chi connectivity index (χ0) is 13.8. The smallest absolute Gasteiger partial charge is 0.237 e. The molecule has 0 aromatic rings. The molecule has 1 heterocycles. The maximum Gasteiger partial charge on any atom is 0.237 e. The van der Waals surface area contributed by atoms with Gasteiger partial charge in [0.15, 0.2) is 0 Å². The minimum atomic E-state index is -0.855. The number of carbonyl (C=O) groups is 1. The second-order valence-electron chi connectivity index (χ2n) is 6.12. The first kappa shape index (κ1) is 15.4. The molecule has 1 unspecified atom stereocenters. The van der Waals surface area contributed by atoms with E-state index < -0.39 is 11.4 Å². The molecule has 4 heteroatoms. The summed E-state index contributed by atoms with van der Waals surface area (Å²) >= 11 is 0. The number of amides is 1. The fraction of sp³-hybridized carbons (Fsp3) is 0.929. The Morgan fingerprint density at radius 2 is 2.00 bits per heavy atom. The van der Waals surface area contributed by atoms with E-state index in [4.69, 9.17) is 11.5 Å². The van der Waals surface area contributed by atoms with E-state index in [1.807, 2.05) is 0 Å². The highest BCUT2D eigenvalue weighted by Crippen LogP contribution is 2.36. The van der Waals surface area contributed by atoms with E-state index in [-0.39, 0.29) is 0 Å². The van der Waals surface area contributed by atoms with E-state index in [2.05, 4.69) is 18.7 Å². The van der Waals surface area contributed by atoms with Crippen LogP contribution in [-0.2, 0) is 4.79 Å². The Morgan fingerprint density at radius 3 is 2.44 bits per heavy atom. The molecule has 1 saturated heterocycles. The lowest BCUT2D eigenvalue weighted by molar-refractivity contribution is -0.122. The Kier molecular flexibility index (Phi) is 5.17. The first-order valence-electron chi connectivity index (χ1n) is 7.16. The highest BCUT2D eigenvalue weighted by atomic mass is 16.1. The molecule has 0 aliphatic carbocycles. The summed E-state index contributed by atoms with van der Waals surface area (Å²) in [6.07, 6.45) is 5.44. The van der Waals surface area contributed by atoms with Gasteiger partial charge in [-0.05, 0) is 57.5 Å². The van der Waals surface area contributed by atoms with Crippen LogP contribution in [0.15, 0.2) is 0 Å². The van der Waals surface area contributed by atoms with Crippen LogP contribution in [-0.4, -0.2) is 36.0 Å². The van der Waals surface area contributed by atoms with E-state index in [1.54, 1.807) is 6.92 Å². The molecule has 0 saturated carbocycles. The van der Waals surface area contributed by atoms with Gasteiger partial charge in [0.1, 0.15) is 0 Å². The van der Waals surface area contributed by atoms with E-state index in [9.17, 15) is 4.79 Å². The minimum absolute atomic E-state index is 0.402. The third-order valence-electron chi connectivity index (χ3n) is 4.75. The van der Waals surface area contributed by atoms with Gasteiger partial charge < -0.3 is 16.4 Å². The molecule has 0 radical (unpaired) electrons. The lowest BCUT2D eigenvalue weighted by Crippen LogP contribution is -2.49. The summed E-state index contributed by atoms with van der Waals surface area (Å²) < 4.78 is 0. The molecule has 0 spiro atoms. The quantitative estimate of drug-likeness (QED) is 0.724. The number of nitrogens with zero attached hydrogens (tertiary/aromatic N) is 1. The second kappa shape index (κ2) is 6.02. The Bertz CT molecular complexity index is 285. The highest BCUT2D eigenvalue weighted by Gasteiger charge is 2.34. The monoisotopic (exact) mass is 255 g/mol. The van der Waals surface area contributed by atoms with Crippen LogP contribution >= 0.6 is 0 Å². The van der Waals surface area contributed by atoms with Crippen molar-refractivity contribution in [2.24, 2.45) is 16.9 Å². The number of primary amides is 1. The van der Waals surface area contributed by atoms with Gasteiger partial charge in [-0.2, -0.15) is 0 Å². The molecule has 1 rings (SSSR count). The maximum absolute atomic E-state index is 11.1. The largest absolute Gasteiger partial charge is 0.368 e. The first-order valence-corrected chi connectivity index (χ1v) is 7.16. The third kappa shape index (κ3) is 3.69. The molecule has 1 atom stereocenters. The number of hydrogen-bond acceptors (Lipinski definition) is 3. The molecule has 1 fully saturated rings. The summed E-state index contributed by atoms with van der Waals surface area (Å²) in [5.74, 6) is -0.402. The molecule has 1 amide bonds. The Balaban J connectivity index is 2.32. The van der Waals surface area contributed by atoms with Crippen LogP contribution in [0.1, 0.15) is 52.9 Å². The van der Waals surface area contributed by atoms with Crippen LogP contribution in [0, 0.1) is 5.41 Å². The summed E-state index contributed by atoms with van der Waals surface area (Å²) in [7, 11) is 0. The number of nitrogens with two attached hydrogens (primary N) is 2. The fourth-order valence-corrected chi connectivity index (χ4v) is 2.84. The van der Waals surface area contributed by atoms with Crippen molar-refractivity contribution in [1.82, 2.24) is 4.90 Å². The average molecular weight is 255 g/mol. The normalized spacial score (nSPS) is 22.9. The predicted octanol–water partition coefficient (Wildman–Crippen LogP) is 1.48. The summed E-state index contributed by atoms with van der Waals surface area (Å²) in [6.45, 7) is 9.70. The lowest BCUT2D eigenvalue weighted by Gasteiger charge is -2.27. The highest BCUT2D eigenvalue weighted by molar-refractivity contribution is 5.83. The summed E-state index contributed by atoms with van der Waals surface area (Å²) in [6, 6.07) is 0. The molecule has 1 aliphatic heterocycles. The standard InChI is InChI=1S/C14H29N3O/c1-4-14(5-2)8-10-17(11-14)9-6-7-13(3,16)12(15)18/h4-11,16H2,1-3H3,(H2,15,18). The van der Waals surface area contributed by atoms with Gasteiger partial charge in [-0.3, -0.25) is 4.79 Å². The zero-order valence-corrected chi connectivity index (χ0v) is 12.2. The van der Waals surface area contributed by atoms with E-state index in [1.165, 1.54) is 32.4 Å². The van der Waals surface area contributed by atoms with Gasteiger partial charge in [-0.1, -0.05) is 13.8 Å². The molecule has 0 aromatic carbocycles. The molecular formula is C14H29N3O. The molecular weight excluding hydrogens is 226 g/mol. The van der Waals surface area contributed by atoms with Crippen LogP contribution in [0.5, 0.6) is 0 Å². The van der Waals surface area contributed by atoms with Crippen LogP contribution in [0.2, 0.25) is 0 Å². The van der Waals surface area contributed by atoms with Crippen LogP contribution in [0.25, 0.3) is 0 Å². The van der Waals surface area contributed by atoms with Crippen molar-refractivity contribution in [2.75, 3.05) is 19.6 Å². The minimum Gasteiger partial charge on any atom is -0.368 e. The number of hydrogen-bond donors (Lipinski definition) is 2. The molecule has 4 N–H and O–H groups in total. The third-order valence-corrected chi connectivity index (χ3v) is 4.75. The van der Waals surface area contributed by atoms with Gasteiger partial charge in [0.05, 0.1) is 5.54 Å². The van der Waals surface area contributed by atoms with E-state index in [0.717, 1.165) is 13.0 Å². The van der Waals surface area contributed by atoms with Gasteiger partial charge in [0.25, 0.3) is 0 Å². The van der Waals surface area contributed by atoms with Gasteiger partial charge in [-0.15, -0.1) is 0 Å². The Morgan fingerprint density at radius 1 is 1.39 bits per heavy atom. The topological polar surface area (TPSA) is 72.3 Å². The average Bonchev–Trinajstić information content (AvgIpc) is 2.73. The zero-order valence-electron chi connectivity index (χ0n) is 12.2. The van der Waals surface area contributed by atoms with E-state index in [0.29, 0.717) is 11.8 Å². The van der Waals surface area contributed by atoms with Crippen LogP contribution in [0.4, 0.5) is 0 Å². The summed E-state index contributed by atoms with van der Waals surface area (Å²) in [4.78, 5) is 13.6. The van der Waals surface area contributed by atoms with Gasteiger partial charge >= 0.3 is 0 Å². The molecule has 0 aromatic heterocycles. The van der Waals surface area contributed by atoms with Crippen LogP contribution in [0.3, 0.4) is 0 Å². The molecule has 1 aliphatic rings. The van der Waals surface area contributed by atoms with Gasteiger partial charge in [-0.25, -0.2) is 0 Å². The predicted molar refractivity (Wildman–Crippen MR) is 75.1 cm³/mol. The summed E-state index contributed by atoms with van der Waals surface area (Å²) in [5, 5.41) is 0. The Hall–Kier alpha value is -0.610. The number of rotatable bonds is 7. The van der Waals surface area contributed by atoms with E-state index >= 15 is 0 Å². The number of likely N-dealkylation sites (tertiary alicyclic amines) is 1. The van der Waals surface area contributed by atoms with Crippen molar-refractivity contribution in [2.45, 2.75) is 58.4 Å². The lowest BCUT2D eigenvalue weighted by atomic mass is 9.82. The van der Waals surface area contributed by atoms with Crippen molar-refractivity contribution in [3.05, 3.63) is 0 Å². The van der Waals surface area contributed by atoms with Crippen molar-refractivity contribution >= 4 is 5.91 Å². The second-order valence-corrected chi connectivity index (χ2v) is 6.12. The molecule has 0 bridgehead atoms. The van der Waals surface area contributed by atoms with Crippen molar-refractivity contribution in [3.63, 3.8) is 0 Å². The fourth-order valence-electron chi connectivity index (χ4n) is 2.84. The Labute approximate surface area is 111 Å². The van der Waals surface area contributed by atoms with Crippen molar-refractivity contribution in [1.29, 1.82) is 0 Å². The maximum atomic E-state index is 11.1. The number of carbonyl (C=O) groups excluding carboxylic acids is 1. The molecule has 18 heavy (non-hydrogen) atoms.